The molecule has 4 aromatic rings. The van der Waals surface area contributed by atoms with Crippen molar-refractivity contribution in [3.05, 3.63) is 72.0 Å². The van der Waals surface area contributed by atoms with Crippen LogP contribution in [0.3, 0.4) is 0 Å². The predicted octanol–water partition coefficient (Wildman–Crippen LogP) is 4.41. The summed E-state index contributed by atoms with van der Waals surface area (Å²) in [5.41, 5.74) is 0.462. The van der Waals surface area contributed by atoms with Crippen LogP contribution >= 0.6 is 0 Å². The van der Waals surface area contributed by atoms with Crippen molar-refractivity contribution < 1.29 is 26.4 Å². The van der Waals surface area contributed by atoms with E-state index >= 15 is 0 Å². The van der Waals surface area contributed by atoms with Gasteiger partial charge in [-0.1, -0.05) is 12.1 Å². The van der Waals surface area contributed by atoms with Crippen molar-refractivity contribution in [1.29, 1.82) is 0 Å². The molecule has 3 aromatic carbocycles. The Hall–Kier alpha value is -3.86. The normalized spacial score (nSPS) is 11.5. The SMILES string of the molecule is CC(=O)Nc1n[nH]c2ccc(-c3cc(S(=O)(=O)Nc4cccc(F)c4)c(F)cc3F)cc12. The van der Waals surface area contributed by atoms with Crippen molar-refractivity contribution in [2.75, 3.05) is 10.0 Å². The molecular weight excluding hydrogens is 445 g/mol. The summed E-state index contributed by atoms with van der Waals surface area (Å²) in [6.07, 6.45) is 0. The van der Waals surface area contributed by atoms with Crippen LogP contribution in [-0.2, 0) is 14.8 Å². The van der Waals surface area contributed by atoms with Gasteiger partial charge in [0.05, 0.1) is 11.2 Å². The van der Waals surface area contributed by atoms with E-state index in [0.717, 1.165) is 18.2 Å². The van der Waals surface area contributed by atoms with Crippen LogP contribution in [0.25, 0.3) is 22.0 Å². The molecule has 1 aromatic heterocycles. The van der Waals surface area contributed by atoms with Crippen LogP contribution in [-0.4, -0.2) is 24.5 Å². The monoisotopic (exact) mass is 460 g/mol. The second kappa shape index (κ2) is 8.00. The van der Waals surface area contributed by atoms with E-state index < -0.39 is 32.4 Å². The minimum Gasteiger partial charge on any atom is -0.309 e. The van der Waals surface area contributed by atoms with Gasteiger partial charge in [0.25, 0.3) is 10.0 Å². The number of amides is 1. The number of carbonyl (C=O) groups is 1. The minimum atomic E-state index is -4.50. The van der Waals surface area contributed by atoms with Gasteiger partial charge in [0.15, 0.2) is 5.82 Å². The van der Waals surface area contributed by atoms with Crippen molar-refractivity contribution in [2.24, 2.45) is 0 Å². The van der Waals surface area contributed by atoms with Crippen LogP contribution in [0.5, 0.6) is 0 Å². The van der Waals surface area contributed by atoms with E-state index in [1.165, 1.54) is 31.2 Å². The maximum absolute atomic E-state index is 14.6. The van der Waals surface area contributed by atoms with Crippen LogP contribution in [0.1, 0.15) is 6.92 Å². The van der Waals surface area contributed by atoms with E-state index in [0.29, 0.717) is 17.0 Å². The van der Waals surface area contributed by atoms with Crippen molar-refractivity contribution in [3.8, 4) is 11.1 Å². The number of nitrogens with zero attached hydrogens (tertiary/aromatic N) is 1. The van der Waals surface area contributed by atoms with Gasteiger partial charge in [0.1, 0.15) is 22.3 Å². The lowest BCUT2D eigenvalue weighted by molar-refractivity contribution is -0.114. The van der Waals surface area contributed by atoms with E-state index in [1.807, 2.05) is 0 Å². The fourth-order valence-electron chi connectivity index (χ4n) is 3.16. The highest BCUT2D eigenvalue weighted by Gasteiger charge is 2.23. The number of aromatic amines is 1. The zero-order valence-corrected chi connectivity index (χ0v) is 17.2. The number of benzene rings is 3. The molecule has 0 atom stereocenters. The van der Waals surface area contributed by atoms with Crippen LogP contribution in [0, 0.1) is 17.5 Å². The van der Waals surface area contributed by atoms with Gasteiger partial charge in [-0.25, -0.2) is 21.6 Å². The summed E-state index contributed by atoms with van der Waals surface area (Å²) in [6, 6.07) is 10.5. The summed E-state index contributed by atoms with van der Waals surface area (Å²) in [7, 11) is -4.50. The summed E-state index contributed by atoms with van der Waals surface area (Å²) < 4.78 is 70.0. The molecule has 164 valence electrons. The Labute approximate surface area is 180 Å². The first-order valence-electron chi connectivity index (χ1n) is 9.17. The number of fused-ring (bicyclic) bond motifs is 1. The third-order valence-corrected chi connectivity index (χ3v) is 5.95. The lowest BCUT2D eigenvalue weighted by Gasteiger charge is -2.12. The van der Waals surface area contributed by atoms with Crippen molar-refractivity contribution >= 4 is 38.3 Å². The highest BCUT2D eigenvalue weighted by molar-refractivity contribution is 7.92. The summed E-state index contributed by atoms with van der Waals surface area (Å²) in [5.74, 6) is -3.14. The van der Waals surface area contributed by atoms with Gasteiger partial charge < -0.3 is 5.32 Å². The average Bonchev–Trinajstić information content (AvgIpc) is 3.09. The Morgan fingerprint density at radius 1 is 1.00 bits per heavy atom. The second-order valence-electron chi connectivity index (χ2n) is 6.89. The number of hydrogen-bond acceptors (Lipinski definition) is 4. The van der Waals surface area contributed by atoms with Crippen molar-refractivity contribution in [3.63, 3.8) is 0 Å². The van der Waals surface area contributed by atoms with Gasteiger partial charge in [-0.2, -0.15) is 5.10 Å². The Kier molecular flexibility index (Phi) is 5.35. The highest BCUT2D eigenvalue weighted by Crippen LogP contribution is 2.32. The molecule has 0 radical (unpaired) electrons. The highest BCUT2D eigenvalue weighted by atomic mass is 32.2. The lowest BCUT2D eigenvalue weighted by atomic mass is 10.0. The molecule has 1 amide bonds. The van der Waals surface area contributed by atoms with Gasteiger partial charge in [-0.15, -0.1) is 0 Å². The fraction of sp³-hybridized carbons (Fsp3) is 0.0476. The Balaban J connectivity index is 1.79. The molecule has 0 spiro atoms. The first kappa shape index (κ1) is 21.4. The van der Waals surface area contributed by atoms with Gasteiger partial charge in [-0.3, -0.25) is 14.6 Å². The molecule has 0 bridgehead atoms. The minimum absolute atomic E-state index is 0.116. The molecule has 0 aliphatic heterocycles. The summed E-state index contributed by atoms with van der Waals surface area (Å²) >= 11 is 0. The number of aromatic nitrogens is 2. The van der Waals surface area contributed by atoms with Crippen molar-refractivity contribution in [1.82, 2.24) is 10.2 Å². The number of anilines is 2. The number of halogens is 3. The molecule has 7 nitrogen and oxygen atoms in total. The van der Waals surface area contributed by atoms with Gasteiger partial charge in [0, 0.05) is 23.9 Å². The zero-order valence-electron chi connectivity index (χ0n) is 16.4. The van der Waals surface area contributed by atoms with Crippen LogP contribution in [0.4, 0.5) is 24.7 Å². The van der Waals surface area contributed by atoms with Crippen LogP contribution in [0.2, 0.25) is 0 Å². The molecule has 0 unspecified atom stereocenters. The number of carbonyl (C=O) groups excluding carboxylic acids is 1. The van der Waals surface area contributed by atoms with E-state index in [9.17, 15) is 26.4 Å². The molecule has 11 heteroatoms. The quantitative estimate of drug-likeness (QED) is 0.411. The summed E-state index contributed by atoms with van der Waals surface area (Å²) in [5, 5.41) is 9.65. The summed E-state index contributed by atoms with van der Waals surface area (Å²) in [4.78, 5) is 10.6. The fourth-order valence-corrected chi connectivity index (χ4v) is 4.30. The number of rotatable bonds is 5. The zero-order chi connectivity index (χ0) is 23.0. The first-order valence-corrected chi connectivity index (χ1v) is 10.7. The molecule has 0 aliphatic carbocycles. The van der Waals surface area contributed by atoms with Gasteiger partial charge in [-0.05, 0) is 42.0 Å². The number of hydrogen-bond donors (Lipinski definition) is 3. The van der Waals surface area contributed by atoms with Gasteiger partial charge in [0.2, 0.25) is 5.91 Å². The molecule has 0 aliphatic rings. The third kappa shape index (κ3) is 4.14. The van der Waals surface area contributed by atoms with E-state index in [2.05, 4.69) is 20.2 Å². The Bertz CT molecular complexity index is 1470. The molecule has 32 heavy (non-hydrogen) atoms. The van der Waals surface area contributed by atoms with E-state index in [1.54, 1.807) is 6.07 Å². The molecule has 0 saturated heterocycles. The Morgan fingerprint density at radius 2 is 1.78 bits per heavy atom. The van der Waals surface area contributed by atoms with Gasteiger partial charge >= 0.3 is 0 Å². The van der Waals surface area contributed by atoms with Crippen LogP contribution < -0.4 is 10.0 Å². The van der Waals surface area contributed by atoms with Crippen LogP contribution in [0.15, 0.2) is 59.5 Å². The number of nitrogens with one attached hydrogen (secondary N) is 3. The van der Waals surface area contributed by atoms with E-state index in [-0.39, 0.29) is 28.5 Å². The molecule has 1 heterocycles. The predicted molar refractivity (Wildman–Crippen MR) is 113 cm³/mol. The Morgan fingerprint density at radius 3 is 2.50 bits per heavy atom. The number of sulfonamides is 1. The molecule has 0 saturated carbocycles. The average molecular weight is 460 g/mol. The maximum Gasteiger partial charge on any atom is 0.264 e. The van der Waals surface area contributed by atoms with Crippen molar-refractivity contribution in [2.45, 2.75) is 11.8 Å². The lowest BCUT2D eigenvalue weighted by Crippen LogP contribution is -2.15. The molecule has 0 fully saturated rings. The number of H-pyrrole nitrogens is 1. The third-order valence-electron chi connectivity index (χ3n) is 4.56. The first-order chi connectivity index (χ1) is 15.1. The molecular formula is C21H15F3N4O3S. The maximum atomic E-state index is 14.6. The molecule has 4 rings (SSSR count). The second-order valence-corrected chi connectivity index (χ2v) is 8.54. The van der Waals surface area contributed by atoms with E-state index in [4.69, 9.17) is 0 Å². The smallest absolute Gasteiger partial charge is 0.264 e. The molecule has 3 N–H and O–H groups in total. The topological polar surface area (TPSA) is 104 Å². The largest absolute Gasteiger partial charge is 0.309 e. The standard InChI is InChI=1S/C21H15F3N4O3S/c1-11(29)25-21-16-7-12(5-6-19(16)26-27-21)15-9-20(18(24)10-17(15)23)32(30,31)28-14-4-2-3-13(22)8-14/h2-10,28H,1H3,(H2,25,26,27,29). The summed E-state index contributed by atoms with van der Waals surface area (Å²) in [6.45, 7) is 1.30.